The molecule has 3 heterocycles. The van der Waals surface area contributed by atoms with E-state index in [1.807, 2.05) is 25.7 Å². The standard InChI is InChI=1S/C34H45N5O5/c1-6-43-34-35-32(42-5)28(33(36-34)44-24(2)3)21-37-19-27-20-38(30(40)23-41-4)17-18-39(27)29(22-37)31(25-13-9-7-10-14-25)26-15-11-8-12-16-26/h7-16,24,27,29,31H,6,17-23H2,1-5H3/t27-,29?/m1/s1. The Bertz CT molecular complexity index is 1320. The fourth-order valence-corrected chi connectivity index (χ4v) is 6.50. The van der Waals surface area contributed by atoms with Crippen molar-refractivity contribution < 1.29 is 23.7 Å². The summed E-state index contributed by atoms with van der Waals surface area (Å²) in [5, 5.41) is 0. The minimum absolute atomic E-state index is 0.0256. The number of aromatic nitrogens is 2. The van der Waals surface area contributed by atoms with Gasteiger partial charge in [-0.3, -0.25) is 14.6 Å². The Kier molecular flexibility index (Phi) is 10.7. The zero-order chi connectivity index (χ0) is 31.1. The van der Waals surface area contributed by atoms with E-state index >= 15 is 0 Å². The van der Waals surface area contributed by atoms with Gasteiger partial charge in [-0.05, 0) is 31.9 Å². The quantitative estimate of drug-likeness (QED) is 0.306. The number of rotatable bonds is 12. The van der Waals surface area contributed by atoms with Gasteiger partial charge in [0.05, 0.1) is 25.4 Å². The summed E-state index contributed by atoms with van der Waals surface area (Å²) in [7, 11) is 3.18. The van der Waals surface area contributed by atoms with E-state index in [0.29, 0.717) is 38.0 Å². The summed E-state index contributed by atoms with van der Waals surface area (Å²) in [6, 6.07) is 22.0. The van der Waals surface area contributed by atoms with E-state index in [1.165, 1.54) is 11.1 Å². The summed E-state index contributed by atoms with van der Waals surface area (Å²) >= 11 is 0. The van der Waals surface area contributed by atoms with Crippen molar-refractivity contribution in [3.05, 3.63) is 77.4 Å². The molecule has 0 spiro atoms. The lowest BCUT2D eigenvalue weighted by atomic mass is 9.81. The summed E-state index contributed by atoms with van der Waals surface area (Å²) < 4.78 is 22.8. The molecule has 0 N–H and O–H groups in total. The van der Waals surface area contributed by atoms with Gasteiger partial charge < -0.3 is 23.8 Å². The van der Waals surface area contributed by atoms with Gasteiger partial charge in [-0.25, -0.2) is 0 Å². The van der Waals surface area contributed by atoms with Crippen LogP contribution in [0.15, 0.2) is 60.7 Å². The largest absolute Gasteiger partial charge is 0.481 e. The zero-order valence-electron chi connectivity index (χ0n) is 26.5. The van der Waals surface area contributed by atoms with Crippen molar-refractivity contribution in [3.63, 3.8) is 0 Å². The molecule has 2 saturated heterocycles. The highest BCUT2D eigenvalue weighted by atomic mass is 16.5. The van der Waals surface area contributed by atoms with Crippen molar-refractivity contribution >= 4 is 5.91 Å². The highest BCUT2D eigenvalue weighted by Gasteiger charge is 2.43. The fourth-order valence-electron chi connectivity index (χ4n) is 6.50. The molecule has 1 unspecified atom stereocenters. The maximum Gasteiger partial charge on any atom is 0.323 e. The number of ether oxygens (including phenoxy) is 4. The molecule has 3 aromatic rings. The van der Waals surface area contributed by atoms with Gasteiger partial charge in [0.2, 0.25) is 17.7 Å². The highest BCUT2D eigenvalue weighted by molar-refractivity contribution is 5.77. The van der Waals surface area contributed by atoms with E-state index in [9.17, 15) is 4.79 Å². The molecule has 2 atom stereocenters. The molecule has 236 valence electrons. The summed E-state index contributed by atoms with van der Waals surface area (Å²) in [5.74, 6) is 1.07. The van der Waals surface area contributed by atoms with Gasteiger partial charge in [-0.1, -0.05) is 60.7 Å². The molecule has 1 amide bonds. The minimum atomic E-state index is -0.0910. The number of amides is 1. The van der Waals surface area contributed by atoms with Crippen LogP contribution in [0.3, 0.4) is 0 Å². The molecule has 10 nitrogen and oxygen atoms in total. The third-order valence-corrected chi connectivity index (χ3v) is 8.30. The second-order valence-corrected chi connectivity index (χ2v) is 11.6. The van der Waals surface area contributed by atoms with Gasteiger partial charge in [0.25, 0.3) is 0 Å². The molecule has 0 saturated carbocycles. The summed E-state index contributed by atoms with van der Waals surface area (Å²) in [6.45, 7) is 10.6. The highest BCUT2D eigenvalue weighted by Crippen LogP contribution is 2.37. The third-order valence-electron chi connectivity index (χ3n) is 8.30. The maximum absolute atomic E-state index is 12.9. The SMILES string of the molecule is CCOc1nc(OC)c(CN2CC(C(c3ccccc3)c3ccccc3)N3CCN(C(=O)COC)C[C@H]3C2)c(OC(C)C)n1. The number of carbonyl (C=O) groups is 1. The lowest BCUT2D eigenvalue weighted by Gasteiger charge is -2.53. The van der Waals surface area contributed by atoms with Gasteiger partial charge in [-0.15, -0.1) is 0 Å². The molecule has 2 aliphatic rings. The Balaban J connectivity index is 1.54. The molecule has 5 rings (SSSR count). The summed E-state index contributed by atoms with van der Waals surface area (Å²) in [5.41, 5.74) is 3.33. The predicted octanol–water partition coefficient (Wildman–Crippen LogP) is 3.85. The first-order valence-electron chi connectivity index (χ1n) is 15.5. The first kappa shape index (κ1) is 31.7. The van der Waals surface area contributed by atoms with Gasteiger partial charge >= 0.3 is 6.01 Å². The monoisotopic (exact) mass is 603 g/mol. The van der Waals surface area contributed by atoms with E-state index in [2.05, 4.69) is 80.4 Å². The lowest BCUT2D eigenvalue weighted by Crippen LogP contribution is -2.67. The minimum Gasteiger partial charge on any atom is -0.481 e. The molecule has 0 bridgehead atoms. The number of piperazine rings is 2. The molecule has 0 radical (unpaired) electrons. The Morgan fingerprint density at radius 3 is 2.16 bits per heavy atom. The van der Waals surface area contributed by atoms with Crippen molar-refractivity contribution in [2.24, 2.45) is 0 Å². The molecule has 2 fully saturated rings. The van der Waals surface area contributed by atoms with E-state index in [-0.39, 0.29) is 42.6 Å². The van der Waals surface area contributed by atoms with Gasteiger partial charge in [-0.2, -0.15) is 9.97 Å². The van der Waals surface area contributed by atoms with Gasteiger partial charge in [0.1, 0.15) is 6.61 Å². The van der Waals surface area contributed by atoms with Crippen molar-refractivity contribution in [3.8, 4) is 17.8 Å². The second-order valence-electron chi connectivity index (χ2n) is 11.6. The van der Waals surface area contributed by atoms with Crippen LogP contribution >= 0.6 is 0 Å². The Morgan fingerprint density at radius 1 is 0.909 bits per heavy atom. The molecular weight excluding hydrogens is 558 g/mol. The van der Waals surface area contributed by atoms with Gasteiger partial charge in [0.15, 0.2) is 0 Å². The Morgan fingerprint density at radius 2 is 1.57 bits per heavy atom. The van der Waals surface area contributed by atoms with E-state index in [0.717, 1.165) is 25.2 Å². The number of nitrogens with zero attached hydrogens (tertiary/aromatic N) is 5. The number of carbonyl (C=O) groups excluding carboxylic acids is 1. The molecule has 2 aliphatic heterocycles. The first-order valence-corrected chi connectivity index (χ1v) is 15.5. The van der Waals surface area contributed by atoms with Crippen molar-refractivity contribution in [2.45, 2.75) is 51.4 Å². The van der Waals surface area contributed by atoms with Crippen molar-refractivity contribution in [1.82, 2.24) is 24.7 Å². The van der Waals surface area contributed by atoms with Crippen LogP contribution in [0.2, 0.25) is 0 Å². The summed E-state index contributed by atoms with van der Waals surface area (Å²) in [6.07, 6.45) is -0.0910. The Labute approximate surface area is 260 Å². The number of hydrogen-bond acceptors (Lipinski definition) is 9. The second kappa shape index (κ2) is 14.8. The maximum atomic E-state index is 12.9. The van der Waals surface area contributed by atoms with E-state index < -0.39 is 0 Å². The van der Waals surface area contributed by atoms with Crippen LogP contribution < -0.4 is 14.2 Å². The lowest BCUT2D eigenvalue weighted by molar-refractivity contribution is -0.140. The van der Waals surface area contributed by atoms with Crippen LogP contribution in [0.5, 0.6) is 17.8 Å². The molecular formula is C34H45N5O5. The third kappa shape index (κ3) is 7.31. The van der Waals surface area contributed by atoms with Gasteiger partial charge in [0, 0.05) is 64.4 Å². The van der Waals surface area contributed by atoms with Crippen LogP contribution in [0.4, 0.5) is 0 Å². The molecule has 44 heavy (non-hydrogen) atoms. The number of benzene rings is 2. The van der Waals surface area contributed by atoms with Crippen LogP contribution in [0.1, 0.15) is 43.4 Å². The average molecular weight is 604 g/mol. The topological polar surface area (TPSA) is 89.5 Å². The number of fused-ring (bicyclic) bond motifs is 1. The average Bonchev–Trinajstić information content (AvgIpc) is 3.03. The van der Waals surface area contributed by atoms with Crippen LogP contribution in [0.25, 0.3) is 0 Å². The van der Waals surface area contributed by atoms with E-state index in [4.69, 9.17) is 18.9 Å². The molecule has 0 aliphatic carbocycles. The number of hydrogen-bond donors (Lipinski definition) is 0. The molecule has 10 heteroatoms. The normalized spacial score (nSPS) is 19.2. The Hall–Kier alpha value is -3.73. The fraction of sp³-hybridized carbons (Fsp3) is 0.500. The van der Waals surface area contributed by atoms with Crippen LogP contribution in [-0.4, -0.2) is 109 Å². The predicted molar refractivity (Wildman–Crippen MR) is 168 cm³/mol. The van der Waals surface area contributed by atoms with Crippen molar-refractivity contribution in [2.75, 3.05) is 60.2 Å². The van der Waals surface area contributed by atoms with E-state index in [1.54, 1.807) is 14.2 Å². The van der Waals surface area contributed by atoms with Crippen LogP contribution in [0, 0.1) is 0 Å². The smallest absolute Gasteiger partial charge is 0.323 e. The number of methoxy groups -OCH3 is 2. The summed E-state index contributed by atoms with van der Waals surface area (Å²) in [4.78, 5) is 29.1. The van der Waals surface area contributed by atoms with Crippen molar-refractivity contribution in [1.29, 1.82) is 0 Å². The zero-order valence-corrected chi connectivity index (χ0v) is 26.5. The molecule has 2 aromatic carbocycles. The first-order chi connectivity index (χ1) is 21.4. The molecule has 1 aromatic heterocycles. The van der Waals surface area contributed by atoms with Crippen LogP contribution in [-0.2, 0) is 16.1 Å².